The van der Waals surface area contributed by atoms with Gasteiger partial charge in [-0.2, -0.15) is 0 Å². The van der Waals surface area contributed by atoms with Crippen LogP contribution in [0.3, 0.4) is 0 Å². The third-order valence-corrected chi connectivity index (χ3v) is 2.27. The minimum Gasteiger partial charge on any atom is -0.433 e. The van der Waals surface area contributed by atoms with Crippen LogP contribution < -0.4 is 0 Å². The summed E-state index contributed by atoms with van der Waals surface area (Å²) >= 11 is 0. The zero-order chi connectivity index (χ0) is 14.0. The van der Waals surface area contributed by atoms with Crippen LogP contribution in [-0.2, 0) is 9.53 Å². The second-order valence-electron chi connectivity index (χ2n) is 4.01. The third kappa shape index (κ3) is 8.19. The number of carbonyl (C=O) groups is 1. The highest BCUT2D eigenvalue weighted by molar-refractivity contribution is 5.87. The van der Waals surface area contributed by atoms with Crippen LogP contribution in [0.2, 0.25) is 0 Å². The molecule has 2 atom stereocenters. The summed E-state index contributed by atoms with van der Waals surface area (Å²) in [5.74, 6) is -0.705. The number of carbonyl (C=O) groups excluding carboxylic acids is 1. The van der Waals surface area contributed by atoms with Gasteiger partial charge in [0.1, 0.15) is 0 Å². The lowest BCUT2D eigenvalue weighted by Crippen LogP contribution is -2.19. The molecular weight excluding hydrogens is 240 g/mol. The van der Waals surface area contributed by atoms with Crippen molar-refractivity contribution in [3.63, 3.8) is 0 Å². The van der Waals surface area contributed by atoms with Crippen molar-refractivity contribution in [2.75, 3.05) is 13.2 Å². The van der Waals surface area contributed by atoms with E-state index in [9.17, 15) is 15.0 Å². The van der Waals surface area contributed by atoms with E-state index in [2.05, 4.69) is 0 Å². The molecule has 0 radical (unpaired) electrons. The summed E-state index contributed by atoms with van der Waals surface area (Å²) < 4.78 is 4.70. The molecule has 4 N–H and O–H groups in total. The topological polar surface area (TPSA) is 107 Å². The van der Waals surface area contributed by atoms with E-state index in [0.29, 0.717) is 19.3 Å². The largest absolute Gasteiger partial charge is 0.433 e. The molecule has 0 heterocycles. The molecule has 6 heteroatoms. The molecule has 0 aliphatic heterocycles. The molecule has 0 spiro atoms. The third-order valence-electron chi connectivity index (χ3n) is 2.27. The molecule has 0 bridgehead atoms. The van der Waals surface area contributed by atoms with Gasteiger partial charge in [-0.05, 0) is 32.3 Å². The molecule has 0 saturated heterocycles. The van der Waals surface area contributed by atoms with Crippen molar-refractivity contribution in [3.05, 3.63) is 11.6 Å². The van der Waals surface area contributed by atoms with Crippen LogP contribution >= 0.6 is 0 Å². The molecular formula is C12H22O6. The number of ether oxygens (including phenoxy) is 1. The van der Waals surface area contributed by atoms with Crippen LogP contribution in [0.25, 0.3) is 0 Å². The maximum atomic E-state index is 11.5. The van der Waals surface area contributed by atoms with Crippen molar-refractivity contribution >= 4 is 5.97 Å². The lowest BCUT2D eigenvalue weighted by molar-refractivity contribution is -0.164. The quantitative estimate of drug-likeness (QED) is 0.258. The average molecular weight is 262 g/mol. The Balaban J connectivity index is 4.11. The molecule has 0 rings (SSSR count). The van der Waals surface area contributed by atoms with E-state index >= 15 is 0 Å². The van der Waals surface area contributed by atoms with Crippen LogP contribution in [-0.4, -0.2) is 52.0 Å². The Morgan fingerprint density at radius 1 is 1.17 bits per heavy atom. The fraction of sp³-hybridized carbons (Fsp3) is 0.750. The first-order valence-corrected chi connectivity index (χ1v) is 5.98. The van der Waals surface area contributed by atoms with Gasteiger partial charge in [0.05, 0.1) is 6.10 Å². The van der Waals surface area contributed by atoms with E-state index in [1.807, 2.05) is 0 Å². The Labute approximate surface area is 107 Å². The van der Waals surface area contributed by atoms with Gasteiger partial charge in [-0.3, -0.25) is 0 Å². The first-order valence-electron chi connectivity index (χ1n) is 5.98. The molecule has 0 amide bonds. The van der Waals surface area contributed by atoms with E-state index in [1.165, 1.54) is 13.0 Å². The summed E-state index contributed by atoms with van der Waals surface area (Å²) in [5, 5.41) is 35.9. The van der Waals surface area contributed by atoms with E-state index in [-0.39, 0.29) is 25.2 Å². The molecule has 6 nitrogen and oxygen atoms in total. The molecule has 0 aromatic carbocycles. The fourth-order valence-electron chi connectivity index (χ4n) is 1.28. The Morgan fingerprint density at radius 2 is 1.72 bits per heavy atom. The first kappa shape index (κ1) is 17.1. The van der Waals surface area contributed by atoms with Gasteiger partial charge in [-0.25, -0.2) is 4.79 Å². The van der Waals surface area contributed by atoms with Gasteiger partial charge in [0.2, 0.25) is 6.29 Å². The van der Waals surface area contributed by atoms with E-state index in [1.54, 1.807) is 0 Å². The smallest absolute Gasteiger partial charge is 0.335 e. The Hall–Kier alpha value is -0.950. The SMILES string of the molecule is CC(=CC(O)CCCO)C(=O)OC(O)CCCO. The number of rotatable bonds is 9. The highest BCUT2D eigenvalue weighted by atomic mass is 16.6. The zero-order valence-electron chi connectivity index (χ0n) is 10.6. The number of aliphatic hydroxyl groups is 4. The number of aliphatic hydroxyl groups excluding tert-OH is 4. The van der Waals surface area contributed by atoms with Crippen molar-refractivity contribution in [1.82, 2.24) is 0 Å². The number of esters is 1. The fourth-order valence-corrected chi connectivity index (χ4v) is 1.28. The molecule has 0 aromatic rings. The molecule has 0 aromatic heterocycles. The minimum atomic E-state index is -1.25. The molecule has 0 saturated carbocycles. The predicted molar refractivity (Wildman–Crippen MR) is 64.5 cm³/mol. The summed E-state index contributed by atoms with van der Waals surface area (Å²) in [5.41, 5.74) is 0.198. The van der Waals surface area contributed by atoms with Crippen LogP contribution in [0.15, 0.2) is 11.6 Å². The van der Waals surface area contributed by atoms with Crippen LogP contribution in [0.4, 0.5) is 0 Å². The molecule has 106 valence electrons. The van der Waals surface area contributed by atoms with Crippen molar-refractivity contribution in [3.8, 4) is 0 Å². The molecule has 18 heavy (non-hydrogen) atoms. The van der Waals surface area contributed by atoms with Gasteiger partial charge in [0, 0.05) is 25.2 Å². The zero-order valence-corrected chi connectivity index (χ0v) is 10.6. The van der Waals surface area contributed by atoms with Crippen LogP contribution in [0, 0.1) is 0 Å². The predicted octanol–water partition coefficient (Wildman–Crippen LogP) is -0.300. The maximum absolute atomic E-state index is 11.5. The standard InChI is InChI=1S/C12H22O6/c1-9(8-10(15)4-2-6-13)12(17)18-11(16)5-3-7-14/h8,10-11,13-16H,2-7H2,1H3. The van der Waals surface area contributed by atoms with Gasteiger partial charge >= 0.3 is 5.97 Å². The highest BCUT2D eigenvalue weighted by Crippen LogP contribution is 2.07. The van der Waals surface area contributed by atoms with Crippen molar-refractivity contribution in [2.24, 2.45) is 0 Å². The van der Waals surface area contributed by atoms with Crippen molar-refractivity contribution < 1.29 is 30.0 Å². The maximum Gasteiger partial charge on any atom is 0.335 e. The van der Waals surface area contributed by atoms with Crippen LogP contribution in [0.5, 0.6) is 0 Å². The molecule has 0 fully saturated rings. The van der Waals surface area contributed by atoms with E-state index < -0.39 is 18.4 Å². The van der Waals surface area contributed by atoms with Crippen LogP contribution in [0.1, 0.15) is 32.6 Å². The Morgan fingerprint density at radius 3 is 2.28 bits per heavy atom. The van der Waals surface area contributed by atoms with Gasteiger partial charge in [-0.15, -0.1) is 0 Å². The minimum absolute atomic E-state index is 0.0196. The average Bonchev–Trinajstić information content (AvgIpc) is 2.33. The Bertz CT molecular complexity index is 263. The van der Waals surface area contributed by atoms with Crippen molar-refractivity contribution in [2.45, 2.75) is 45.0 Å². The first-order chi connectivity index (χ1) is 8.51. The highest BCUT2D eigenvalue weighted by Gasteiger charge is 2.13. The van der Waals surface area contributed by atoms with Gasteiger partial charge in [0.15, 0.2) is 0 Å². The monoisotopic (exact) mass is 262 g/mol. The summed E-state index contributed by atoms with van der Waals surface area (Å²) in [6.07, 6.45) is 0.574. The van der Waals surface area contributed by atoms with Gasteiger partial charge in [0.25, 0.3) is 0 Å². The van der Waals surface area contributed by atoms with Crippen molar-refractivity contribution in [1.29, 1.82) is 0 Å². The number of hydrogen-bond acceptors (Lipinski definition) is 6. The summed E-state index contributed by atoms with van der Waals surface area (Å²) in [6, 6.07) is 0. The normalized spacial score (nSPS) is 15.3. The molecule has 0 aliphatic carbocycles. The lowest BCUT2D eigenvalue weighted by atomic mass is 10.1. The summed E-state index contributed by atoms with van der Waals surface area (Å²) in [7, 11) is 0. The second-order valence-corrected chi connectivity index (χ2v) is 4.01. The second kappa shape index (κ2) is 10.0. The molecule has 2 unspecified atom stereocenters. The summed E-state index contributed by atoms with van der Waals surface area (Å²) in [6.45, 7) is 1.38. The Kier molecular flexibility index (Phi) is 9.49. The lowest BCUT2D eigenvalue weighted by Gasteiger charge is -2.12. The van der Waals surface area contributed by atoms with Gasteiger partial charge < -0.3 is 25.2 Å². The number of hydrogen-bond donors (Lipinski definition) is 4. The van der Waals surface area contributed by atoms with Gasteiger partial charge in [-0.1, -0.05) is 0 Å². The molecule has 0 aliphatic rings. The summed E-state index contributed by atoms with van der Waals surface area (Å²) in [4.78, 5) is 11.5. The van der Waals surface area contributed by atoms with E-state index in [0.717, 1.165) is 0 Å². The van der Waals surface area contributed by atoms with E-state index in [4.69, 9.17) is 14.9 Å².